The molecular formula is C14H27N3O. The average molecular weight is 253 g/mol. The van der Waals surface area contributed by atoms with E-state index >= 15 is 0 Å². The van der Waals surface area contributed by atoms with E-state index in [-0.39, 0.29) is 0 Å². The molecule has 0 radical (unpaired) electrons. The summed E-state index contributed by atoms with van der Waals surface area (Å²) in [6.07, 6.45) is 4.15. The molecule has 0 aromatic heterocycles. The van der Waals surface area contributed by atoms with E-state index in [1.54, 1.807) is 0 Å². The Kier molecular flexibility index (Phi) is 4.19. The number of nitrogens with one attached hydrogen (secondary N) is 1. The lowest BCUT2D eigenvalue weighted by atomic mass is 10.1. The normalized spacial score (nSPS) is 35.8. The van der Waals surface area contributed by atoms with Gasteiger partial charge in [-0.15, -0.1) is 0 Å². The van der Waals surface area contributed by atoms with Gasteiger partial charge >= 0.3 is 0 Å². The molecule has 3 aliphatic rings. The highest BCUT2D eigenvalue weighted by molar-refractivity contribution is 4.96. The number of morpholine rings is 1. The minimum absolute atomic E-state index is 0.605. The lowest BCUT2D eigenvalue weighted by Gasteiger charge is -2.31. The minimum Gasteiger partial charge on any atom is -0.379 e. The lowest BCUT2D eigenvalue weighted by Crippen LogP contribution is -2.49. The SMILES string of the molecule is CC(CN1CCOCC1)NC1CCN2CCCC12. The molecular weight excluding hydrogens is 226 g/mol. The van der Waals surface area contributed by atoms with Crippen LogP contribution in [0.25, 0.3) is 0 Å². The summed E-state index contributed by atoms with van der Waals surface area (Å²) in [5, 5.41) is 3.87. The van der Waals surface area contributed by atoms with Gasteiger partial charge in [-0.3, -0.25) is 9.80 Å². The molecule has 0 aliphatic carbocycles. The van der Waals surface area contributed by atoms with E-state index in [0.29, 0.717) is 6.04 Å². The molecule has 1 N–H and O–H groups in total. The molecule has 4 nitrogen and oxygen atoms in total. The van der Waals surface area contributed by atoms with Gasteiger partial charge in [0.05, 0.1) is 13.2 Å². The summed E-state index contributed by atoms with van der Waals surface area (Å²) in [6, 6.07) is 2.18. The van der Waals surface area contributed by atoms with Crippen LogP contribution in [-0.2, 0) is 4.74 Å². The van der Waals surface area contributed by atoms with Crippen LogP contribution >= 0.6 is 0 Å². The molecule has 0 saturated carbocycles. The largest absolute Gasteiger partial charge is 0.379 e. The smallest absolute Gasteiger partial charge is 0.0594 e. The van der Waals surface area contributed by atoms with E-state index in [1.165, 1.54) is 38.9 Å². The molecule has 0 aromatic carbocycles. The fourth-order valence-electron chi connectivity index (χ4n) is 3.87. The van der Waals surface area contributed by atoms with Crippen LogP contribution in [0.5, 0.6) is 0 Å². The fourth-order valence-corrected chi connectivity index (χ4v) is 3.87. The van der Waals surface area contributed by atoms with E-state index in [0.717, 1.165) is 38.4 Å². The first-order chi connectivity index (χ1) is 8.83. The highest BCUT2D eigenvalue weighted by Gasteiger charge is 2.37. The number of hydrogen-bond donors (Lipinski definition) is 1. The van der Waals surface area contributed by atoms with Crippen LogP contribution in [0, 0.1) is 0 Å². The third-order valence-corrected chi connectivity index (χ3v) is 4.74. The van der Waals surface area contributed by atoms with E-state index < -0.39 is 0 Å². The Morgan fingerprint density at radius 3 is 2.83 bits per heavy atom. The van der Waals surface area contributed by atoms with Crippen LogP contribution in [0.15, 0.2) is 0 Å². The average Bonchev–Trinajstić information content (AvgIpc) is 2.95. The molecule has 3 atom stereocenters. The number of hydrogen-bond acceptors (Lipinski definition) is 4. The molecule has 3 rings (SSSR count). The van der Waals surface area contributed by atoms with Crippen molar-refractivity contribution in [1.82, 2.24) is 15.1 Å². The second-order valence-electron chi connectivity index (χ2n) is 6.12. The molecule has 3 aliphatic heterocycles. The van der Waals surface area contributed by atoms with Crippen molar-refractivity contribution in [2.75, 3.05) is 45.9 Å². The molecule has 3 heterocycles. The van der Waals surface area contributed by atoms with Crippen molar-refractivity contribution in [3.8, 4) is 0 Å². The van der Waals surface area contributed by atoms with Gasteiger partial charge in [-0.25, -0.2) is 0 Å². The van der Waals surface area contributed by atoms with Gasteiger partial charge < -0.3 is 10.1 Å². The molecule has 3 saturated heterocycles. The monoisotopic (exact) mass is 253 g/mol. The maximum Gasteiger partial charge on any atom is 0.0594 e. The molecule has 0 amide bonds. The van der Waals surface area contributed by atoms with Crippen LogP contribution in [0.2, 0.25) is 0 Å². The van der Waals surface area contributed by atoms with Gasteiger partial charge in [0.1, 0.15) is 0 Å². The summed E-state index contributed by atoms with van der Waals surface area (Å²) in [7, 11) is 0. The van der Waals surface area contributed by atoms with Crippen molar-refractivity contribution in [1.29, 1.82) is 0 Å². The van der Waals surface area contributed by atoms with E-state index in [2.05, 4.69) is 22.0 Å². The van der Waals surface area contributed by atoms with Crippen LogP contribution in [0.4, 0.5) is 0 Å². The molecule has 0 bridgehead atoms. The Balaban J connectivity index is 1.44. The predicted octanol–water partition coefficient (Wildman–Crippen LogP) is 0.533. The van der Waals surface area contributed by atoms with Gasteiger partial charge in [0.25, 0.3) is 0 Å². The molecule has 0 spiro atoms. The quantitative estimate of drug-likeness (QED) is 0.791. The van der Waals surface area contributed by atoms with Crippen molar-refractivity contribution in [3.63, 3.8) is 0 Å². The van der Waals surface area contributed by atoms with Crippen LogP contribution in [0.1, 0.15) is 26.2 Å². The summed E-state index contributed by atoms with van der Waals surface area (Å²) < 4.78 is 5.40. The van der Waals surface area contributed by atoms with Crippen LogP contribution in [0.3, 0.4) is 0 Å². The molecule has 18 heavy (non-hydrogen) atoms. The third-order valence-electron chi connectivity index (χ3n) is 4.74. The highest BCUT2D eigenvalue weighted by atomic mass is 16.5. The van der Waals surface area contributed by atoms with E-state index in [9.17, 15) is 0 Å². The Labute approximate surface area is 111 Å². The van der Waals surface area contributed by atoms with Gasteiger partial charge in [0.2, 0.25) is 0 Å². The Hall–Kier alpha value is -0.160. The Bertz CT molecular complexity index is 268. The van der Waals surface area contributed by atoms with Gasteiger partial charge in [-0.2, -0.15) is 0 Å². The second-order valence-corrected chi connectivity index (χ2v) is 6.12. The van der Waals surface area contributed by atoms with Gasteiger partial charge in [-0.05, 0) is 32.7 Å². The summed E-state index contributed by atoms with van der Waals surface area (Å²) in [4.78, 5) is 5.21. The maximum atomic E-state index is 5.40. The Morgan fingerprint density at radius 2 is 2.00 bits per heavy atom. The standard InChI is InChI=1S/C14H27N3O/c1-12(11-16-7-9-18-10-8-16)15-13-4-6-17-5-2-3-14(13)17/h12-15H,2-11H2,1H3. The van der Waals surface area contributed by atoms with E-state index in [4.69, 9.17) is 4.74 Å². The summed E-state index contributed by atoms with van der Waals surface area (Å²) in [5.41, 5.74) is 0. The van der Waals surface area contributed by atoms with Crippen LogP contribution in [-0.4, -0.2) is 73.9 Å². The van der Waals surface area contributed by atoms with Crippen molar-refractivity contribution < 1.29 is 4.74 Å². The fraction of sp³-hybridized carbons (Fsp3) is 1.00. The van der Waals surface area contributed by atoms with Gasteiger partial charge in [0, 0.05) is 44.3 Å². The number of rotatable bonds is 4. The molecule has 3 unspecified atom stereocenters. The molecule has 4 heteroatoms. The number of fused-ring (bicyclic) bond motifs is 1. The van der Waals surface area contributed by atoms with Crippen molar-refractivity contribution in [3.05, 3.63) is 0 Å². The van der Waals surface area contributed by atoms with Crippen molar-refractivity contribution in [2.45, 2.75) is 44.3 Å². The molecule has 3 fully saturated rings. The first-order valence-electron chi connectivity index (χ1n) is 7.63. The zero-order valence-electron chi connectivity index (χ0n) is 11.6. The van der Waals surface area contributed by atoms with Crippen molar-refractivity contribution >= 4 is 0 Å². The zero-order chi connectivity index (χ0) is 12.4. The van der Waals surface area contributed by atoms with Crippen LogP contribution < -0.4 is 5.32 Å². The Morgan fingerprint density at radius 1 is 1.17 bits per heavy atom. The molecule has 104 valence electrons. The van der Waals surface area contributed by atoms with Crippen molar-refractivity contribution in [2.24, 2.45) is 0 Å². The van der Waals surface area contributed by atoms with Gasteiger partial charge in [-0.1, -0.05) is 0 Å². The summed E-state index contributed by atoms with van der Waals surface area (Å²) in [5.74, 6) is 0. The maximum absolute atomic E-state index is 5.40. The highest BCUT2D eigenvalue weighted by Crippen LogP contribution is 2.28. The predicted molar refractivity (Wildman–Crippen MR) is 72.9 cm³/mol. The minimum atomic E-state index is 0.605. The number of nitrogens with zero attached hydrogens (tertiary/aromatic N) is 2. The lowest BCUT2D eigenvalue weighted by molar-refractivity contribution is 0.0336. The second kappa shape index (κ2) is 5.87. The molecule has 0 aromatic rings. The van der Waals surface area contributed by atoms with E-state index in [1.807, 2.05) is 0 Å². The first kappa shape index (κ1) is 12.9. The summed E-state index contributed by atoms with van der Waals surface area (Å²) in [6.45, 7) is 10.2. The zero-order valence-corrected chi connectivity index (χ0v) is 11.6. The summed E-state index contributed by atoms with van der Waals surface area (Å²) >= 11 is 0. The third kappa shape index (κ3) is 2.87. The number of ether oxygens (including phenoxy) is 1. The first-order valence-corrected chi connectivity index (χ1v) is 7.63. The topological polar surface area (TPSA) is 27.7 Å². The van der Waals surface area contributed by atoms with Gasteiger partial charge in [0.15, 0.2) is 0 Å².